The predicted octanol–water partition coefficient (Wildman–Crippen LogP) is 1.74. The lowest BCUT2D eigenvalue weighted by Crippen LogP contribution is -2.38. The van der Waals surface area contributed by atoms with Crippen LogP contribution in [0.15, 0.2) is 12.3 Å². The zero-order valence-electron chi connectivity index (χ0n) is 10.4. The normalized spacial score (nSPS) is 18.7. The van der Waals surface area contributed by atoms with Crippen LogP contribution in [-0.4, -0.2) is 27.8 Å². The molecule has 5 heteroatoms. The fraction of sp³-hybridized carbons (Fsp3) is 0.750. The maximum absolute atomic E-state index is 5.54. The van der Waals surface area contributed by atoms with E-state index in [0.717, 1.165) is 17.9 Å². The van der Waals surface area contributed by atoms with Gasteiger partial charge in [0.05, 0.1) is 11.7 Å². The number of nitrogens with two attached hydrogens (primary N) is 1. The number of hydrogen-bond acceptors (Lipinski definition) is 4. The first-order chi connectivity index (χ1) is 8.33. The zero-order valence-corrected chi connectivity index (χ0v) is 11.2. The molecular formula is C12H22N4S. The van der Waals surface area contributed by atoms with Gasteiger partial charge in [0.1, 0.15) is 0 Å². The first-order valence-electron chi connectivity index (χ1n) is 6.32. The van der Waals surface area contributed by atoms with Crippen LogP contribution in [0.4, 0.5) is 0 Å². The molecule has 1 unspecified atom stereocenters. The van der Waals surface area contributed by atoms with Gasteiger partial charge < -0.3 is 0 Å². The minimum Gasteiger partial charge on any atom is -0.271 e. The highest BCUT2D eigenvalue weighted by molar-refractivity contribution is 7.98. The monoisotopic (exact) mass is 254 g/mol. The van der Waals surface area contributed by atoms with E-state index in [2.05, 4.69) is 33.7 Å². The molecule has 0 aromatic carbocycles. The van der Waals surface area contributed by atoms with Crippen molar-refractivity contribution in [2.45, 2.75) is 44.2 Å². The predicted molar refractivity (Wildman–Crippen MR) is 72.9 cm³/mol. The topological polar surface area (TPSA) is 55.9 Å². The highest BCUT2D eigenvalue weighted by Crippen LogP contribution is 2.28. The Morgan fingerprint density at radius 2 is 2.35 bits per heavy atom. The summed E-state index contributed by atoms with van der Waals surface area (Å²) in [5.41, 5.74) is 4.01. The molecule has 0 aliphatic heterocycles. The summed E-state index contributed by atoms with van der Waals surface area (Å²) < 4.78 is 2.15. The van der Waals surface area contributed by atoms with Gasteiger partial charge in [0.25, 0.3) is 0 Å². The highest BCUT2D eigenvalue weighted by atomic mass is 32.2. The quantitative estimate of drug-likeness (QED) is 0.600. The number of hydrogen-bond donors (Lipinski definition) is 2. The molecule has 3 N–H and O–H groups in total. The fourth-order valence-corrected chi connectivity index (χ4v) is 3.09. The smallest absolute Gasteiger partial charge is 0.0641 e. The molecule has 96 valence electrons. The fourth-order valence-electron chi connectivity index (χ4n) is 2.48. The van der Waals surface area contributed by atoms with E-state index < -0.39 is 0 Å². The van der Waals surface area contributed by atoms with Crippen molar-refractivity contribution in [3.63, 3.8) is 0 Å². The Bertz CT molecular complexity index is 333. The lowest BCUT2D eigenvalue weighted by atomic mass is 10.2. The first-order valence-corrected chi connectivity index (χ1v) is 7.72. The number of hydrazine groups is 1. The number of thioether (sulfide) groups is 1. The summed E-state index contributed by atoms with van der Waals surface area (Å²) in [6, 6.07) is 3.08. The van der Waals surface area contributed by atoms with Crippen molar-refractivity contribution in [3.8, 4) is 0 Å². The van der Waals surface area contributed by atoms with E-state index in [-0.39, 0.29) is 0 Å². The molecule has 1 aromatic heterocycles. The third kappa shape index (κ3) is 3.47. The average Bonchev–Trinajstić information content (AvgIpc) is 2.98. The first kappa shape index (κ1) is 12.9. The van der Waals surface area contributed by atoms with Crippen LogP contribution in [0.1, 0.15) is 37.4 Å². The van der Waals surface area contributed by atoms with Gasteiger partial charge in [-0.1, -0.05) is 12.8 Å². The van der Waals surface area contributed by atoms with Gasteiger partial charge in [-0.2, -0.15) is 16.9 Å². The lowest BCUT2D eigenvalue weighted by Gasteiger charge is -2.13. The molecule has 0 spiro atoms. The summed E-state index contributed by atoms with van der Waals surface area (Å²) in [6.45, 7) is 0. The summed E-state index contributed by atoms with van der Waals surface area (Å²) in [5, 5.41) is 4.67. The summed E-state index contributed by atoms with van der Waals surface area (Å²) in [7, 11) is 0. The maximum atomic E-state index is 5.54. The molecular weight excluding hydrogens is 232 g/mol. The van der Waals surface area contributed by atoms with Crippen LogP contribution in [0.3, 0.4) is 0 Å². The molecule has 0 saturated heterocycles. The minimum absolute atomic E-state index is 0.317. The number of nitrogens with one attached hydrogen (secondary N) is 1. The van der Waals surface area contributed by atoms with Crippen molar-refractivity contribution in [1.29, 1.82) is 0 Å². The molecule has 4 nitrogen and oxygen atoms in total. The Balaban J connectivity index is 1.92. The third-order valence-electron chi connectivity index (χ3n) is 3.42. The van der Waals surface area contributed by atoms with Crippen LogP contribution in [0.2, 0.25) is 0 Å². The molecule has 1 fully saturated rings. The second kappa shape index (κ2) is 6.42. The molecule has 1 heterocycles. The van der Waals surface area contributed by atoms with Crippen molar-refractivity contribution in [2.75, 3.05) is 12.0 Å². The van der Waals surface area contributed by atoms with Crippen LogP contribution in [0.25, 0.3) is 0 Å². The van der Waals surface area contributed by atoms with Crippen molar-refractivity contribution in [2.24, 2.45) is 5.84 Å². The van der Waals surface area contributed by atoms with Crippen molar-refractivity contribution < 1.29 is 0 Å². The maximum Gasteiger partial charge on any atom is 0.0641 e. The molecule has 0 amide bonds. The highest BCUT2D eigenvalue weighted by Gasteiger charge is 2.18. The third-order valence-corrected chi connectivity index (χ3v) is 4.16. The molecule has 1 aromatic rings. The summed E-state index contributed by atoms with van der Waals surface area (Å²) >= 11 is 1.81. The van der Waals surface area contributed by atoms with Crippen LogP contribution in [0.5, 0.6) is 0 Å². The van der Waals surface area contributed by atoms with Gasteiger partial charge in [-0.15, -0.1) is 0 Å². The molecule has 1 saturated carbocycles. The van der Waals surface area contributed by atoms with E-state index in [1.807, 2.05) is 11.8 Å². The van der Waals surface area contributed by atoms with Gasteiger partial charge in [-0.3, -0.25) is 16.0 Å². The van der Waals surface area contributed by atoms with Crippen molar-refractivity contribution >= 4 is 11.8 Å². The standard InChI is InChI=1S/C12H22N4S/c1-17-9-11(14-13)8-10-6-7-16(15-10)12-4-2-3-5-12/h6-7,11-12,14H,2-5,8-9,13H2,1H3. The second-order valence-electron chi connectivity index (χ2n) is 4.75. The Morgan fingerprint density at radius 1 is 1.59 bits per heavy atom. The lowest BCUT2D eigenvalue weighted by molar-refractivity contribution is 0.459. The summed E-state index contributed by atoms with van der Waals surface area (Å²) in [5.74, 6) is 6.56. The van der Waals surface area contributed by atoms with Crippen molar-refractivity contribution in [1.82, 2.24) is 15.2 Å². The van der Waals surface area contributed by atoms with Gasteiger partial charge in [0.15, 0.2) is 0 Å². The Kier molecular flexibility index (Phi) is 4.88. The van der Waals surface area contributed by atoms with Crippen LogP contribution in [0, 0.1) is 0 Å². The van der Waals surface area contributed by atoms with Crippen LogP contribution in [-0.2, 0) is 6.42 Å². The van der Waals surface area contributed by atoms with E-state index in [1.54, 1.807) is 0 Å². The molecule has 0 bridgehead atoms. The van der Waals surface area contributed by atoms with Gasteiger partial charge in [-0.25, -0.2) is 0 Å². The van der Waals surface area contributed by atoms with E-state index in [9.17, 15) is 0 Å². The van der Waals surface area contributed by atoms with E-state index in [4.69, 9.17) is 5.84 Å². The number of nitrogens with zero attached hydrogens (tertiary/aromatic N) is 2. The molecule has 1 aliphatic rings. The molecule has 1 aliphatic carbocycles. The van der Waals surface area contributed by atoms with Gasteiger partial charge in [0, 0.05) is 24.4 Å². The minimum atomic E-state index is 0.317. The van der Waals surface area contributed by atoms with Crippen LogP contribution < -0.4 is 11.3 Å². The Morgan fingerprint density at radius 3 is 3.00 bits per heavy atom. The number of aromatic nitrogens is 2. The summed E-state index contributed by atoms with van der Waals surface area (Å²) in [6.07, 6.45) is 10.4. The second-order valence-corrected chi connectivity index (χ2v) is 5.66. The Labute approximate surface area is 107 Å². The Hall–Kier alpha value is -0.520. The van der Waals surface area contributed by atoms with Crippen molar-refractivity contribution in [3.05, 3.63) is 18.0 Å². The average molecular weight is 254 g/mol. The van der Waals surface area contributed by atoms with Gasteiger partial charge >= 0.3 is 0 Å². The largest absolute Gasteiger partial charge is 0.271 e. The van der Waals surface area contributed by atoms with Gasteiger partial charge in [-0.05, 0) is 25.2 Å². The molecule has 1 atom stereocenters. The van der Waals surface area contributed by atoms with E-state index in [0.29, 0.717) is 12.1 Å². The van der Waals surface area contributed by atoms with E-state index in [1.165, 1.54) is 25.7 Å². The molecule has 17 heavy (non-hydrogen) atoms. The zero-order chi connectivity index (χ0) is 12.1. The molecule has 2 rings (SSSR count). The van der Waals surface area contributed by atoms with Crippen LogP contribution >= 0.6 is 11.8 Å². The van der Waals surface area contributed by atoms with E-state index >= 15 is 0 Å². The number of rotatable bonds is 6. The molecule has 0 radical (unpaired) electrons. The summed E-state index contributed by atoms with van der Waals surface area (Å²) in [4.78, 5) is 0. The SMILES string of the molecule is CSCC(Cc1ccn(C2CCCC2)n1)NN. The van der Waals surface area contributed by atoms with Gasteiger partial charge in [0.2, 0.25) is 0 Å².